The Kier molecular flexibility index (Phi) is 3.93. The summed E-state index contributed by atoms with van der Waals surface area (Å²) in [6.07, 6.45) is 3.32. The molecule has 0 aliphatic heterocycles. The van der Waals surface area contributed by atoms with Crippen LogP contribution < -0.4 is 11.1 Å². The summed E-state index contributed by atoms with van der Waals surface area (Å²) >= 11 is 7.40. The second-order valence-corrected chi connectivity index (χ2v) is 6.63. The van der Waals surface area contributed by atoms with Crippen molar-refractivity contribution in [1.82, 2.24) is 9.97 Å². The van der Waals surface area contributed by atoms with Gasteiger partial charge in [-0.05, 0) is 37.1 Å². The van der Waals surface area contributed by atoms with E-state index in [4.69, 9.17) is 17.3 Å². The smallest absolute Gasteiger partial charge is 0.221 e. The molecular formula is C14H15ClN4OS. The Balaban J connectivity index is 1.78. The van der Waals surface area contributed by atoms with E-state index in [-0.39, 0.29) is 5.95 Å². The Bertz CT molecular complexity index is 646. The van der Waals surface area contributed by atoms with Crippen LogP contribution in [0.1, 0.15) is 12.8 Å². The van der Waals surface area contributed by atoms with Crippen molar-refractivity contribution in [3.63, 3.8) is 0 Å². The van der Waals surface area contributed by atoms with Crippen LogP contribution in [-0.4, -0.2) is 27.2 Å². The van der Waals surface area contributed by atoms with Gasteiger partial charge in [0, 0.05) is 22.7 Å². The van der Waals surface area contributed by atoms with Crippen LogP contribution in [0.2, 0.25) is 5.02 Å². The van der Waals surface area contributed by atoms with E-state index < -0.39 is 5.60 Å². The van der Waals surface area contributed by atoms with Gasteiger partial charge in [-0.15, -0.1) is 0 Å². The van der Waals surface area contributed by atoms with E-state index in [0.29, 0.717) is 17.4 Å². The van der Waals surface area contributed by atoms with Crippen molar-refractivity contribution in [3.8, 4) is 0 Å². The van der Waals surface area contributed by atoms with Crippen molar-refractivity contribution >= 4 is 35.1 Å². The molecule has 0 radical (unpaired) electrons. The van der Waals surface area contributed by atoms with Gasteiger partial charge in [0.25, 0.3) is 0 Å². The molecule has 1 aromatic carbocycles. The SMILES string of the molecule is Nc1ncc(Sc2ccc(Cl)cc2)c(NCC2(O)CC2)n1. The number of nitrogens with one attached hydrogen (secondary N) is 1. The van der Waals surface area contributed by atoms with Gasteiger partial charge < -0.3 is 16.2 Å². The molecule has 3 rings (SSSR count). The number of hydrogen-bond acceptors (Lipinski definition) is 6. The van der Waals surface area contributed by atoms with Gasteiger partial charge >= 0.3 is 0 Å². The molecule has 1 aliphatic rings. The van der Waals surface area contributed by atoms with Crippen LogP contribution in [0.4, 0.5) is 11.8 Å². The zero-order chi connectivity index (χ0) is 14.9. The van der Waals surface area contributed by atoms with Crippen LogP contribution in [0.15, 0.2) is 40.3 Å². The number of benzene rings is 1. The van der Waals surface area contributed by atoms with Crippen LogP contribution in [-0.2, 0) is 0 Å². The van der Waals surface area contributed by atoms with Crippen LogP contribution in [0.25, 0.3) is 0 Å². The maximum absolute atomic E-state index is 9.91. The second kappa shape index (κ2) is 5.71. The van der Waals surface area contributed by atoms with Gasteiger partial charge in [0.1, 0.15) is 5.82 Å². The zero-order valence-electron chi connectivity index (χ0n) is 11.2. The average Bonchev–Trinajstić information content (AvgIpc) is 3.20. The molecule has 0 amide bonds. The molecule has 5 nitrogen and oxygen atoms in total. The molecule has 0 bridgehead atoms. The third-order valence-corrected chi connectivity index (χ3v) is 4.51. The first kappa shape index (κ1) is 14.4. The molecule has 1 aliphatic carbocycles. The number of nitrogens with zero attached hydrogens (tertiary/aromatic N) is 2. The Morgan fingerprint density at radius 1 is 1.33 bits per heavy atom. The van der Waals surface area contributed by atoms with Gasteiger partial charge in [0.05, 0.1) is 10.5 Å². The fourth-order valence-corrected chi connectivity index (χ4v) is 2.76. The van der Waals surface area contributed by atoms with Gasteiger partial charge in [-0.25, -0.2) is 4.98 Å². The molecule has 0 unspecified atom stereocenters. The van der Waals surface area contributed by atoms with E-state index in [0.717, 1.165) is 22.6 Å². The van der Waals surface area contributed by atoms with Crippen LogP contribution in [0, 0.1) is 0 Å². The fourth-order valence-electron chi connectivity index (χ4n) is 1.78. The first-order chi connectivity index (χ1) is 10.0. The lowest BCUT2D eigenvalue weighted by Crippen LogP contribution is -2.21. The summed E-state index contributed by atoms with van der Waals surface area (Å²) in [5, 5.41) is 13.8. The second-order valence-electron chi connectivity index (χ2n) is 5.07. The number of hydrogen-bond donors (Lipinski definition) is 3. The first-order valence-electron chi connectivity index (χ1n) is 6.56. The standard InChI is InChI=1S/C14H15ClN4OS/c15-9-1-3-10(4-2-9)21-11-7-17-13(16)19-12(11)18-8-14(20)5-6-14/h1-4,7,20H,5-6,8H2,(H3,16,17,18,19). The van der Waals surface area contributed by atoms with Crippen molar-refractivity contribution < 1.29 is 5.11 Å². The molecule has 7 heteroatoms. The molecular weight excluding hydrogens is 308 g/mol. The summed E-state index contributed by atoms with van der Waals surface area (Å²) < 4.78 is 0. The number of rotatable bonds is 5. The highest BCUT2D eigenvalue weighted by Gasteiger charge is 2.40. The van der Waals surface area contributed by atoms with Crippen molar-refractivity contribution in [2.45, 2.75) is 28.2 Å². The minimum Gasteiger partial charge on any atom is -0.388 e. The lowest BCUT2D eigenvalue weighted by Gasteiger charge is -2.13. The number of nitrogens with two attached hydrogens (primary N) is 1. The highest BCUT2D eigenvalue weighted by atomic mass is 35.5. The van der Waals surface area contributed by atoms with Crippen molar-refractivity contribution in [2.24, 2.45) is 0 Å². The predicted molar refractivity (Wildman–Crippen MR) is 84.7 cm³/mol. The summed E-state index contributed by atoms with van der Waals surface area (Å²) in [5.74, 6) is 0.850. The lowest BCUT2D eigenvalue weighted by atomic mass is 10.3. The van der Waals surface area contributed by atoms with Gasteiger partial charge in [-0.3, -0.25) is 0 Å². The first-order valence-corrected chi connectivity index (χ1v) is 7.76. The molecule has 0 saturated heterocycles. The molecule has 1 fully saturated rings. The molecule has 110 valence electrons. The lowest BCUT2D eigenvalue weighted by molar-refractivity contribution is 0.164. The number of halogens is 1. The highest BCUT2D eigenvalue weighted by molar-refractivity contribution is 7.99. The quantitative estimate of drug-likeness (QED) is 0.785. The Morgan fingerprint density at radius 3 is 2.71 bits per heavy atom. The van der Waals surface area contributed by atoms with E-state index >= 15 is 0 Å². The summed E-state index contributed by atoms with van der Waals surface area (Å²) in [7, 11) is 0. The van der Waals surface area contributed by atoms with Crippen molar-refractivity contribution in [3.05, 3.63) is 35.5 Å². The van der Waals surface area contributed by atoms with E-state index in [9.17, 15) is 5.11 Å². The number of nitrogen functional groups attached to an aromatic ring is 1. The van der Waals surface area contributed by atoms with Crippen LogP contribution in [0.3, 0.4) is 0 Å². The maximum atomic E-state index is 9.91. The average molecular weight is 323 g/mol. The Labute approximate surface area is 131 Å². The third-order valence-electron chi connectivity index (χ3n) is 3.23. The van der Waals surface area contributed by atoms with Gasteiger partial charge in [0.15, 0.2) is 0 Å². The summed E-state index contributed by atoms with van der Waals surface area (Å²) in [4.78, 5) is 10.1. The summed E-state index contributed by atoms with van der Waals surface area (Å²) in [5.41, 5.74) is 5.05. The molecule has 1 saturated carbocycles. The molecule has 2 aromatic rings. The highest BCUT2D eigenvalue weighted by Crippen LogP contribution is 2.37. The van der Waals surface area contributed by atoms with Crippen molar-refractivity contribution in [1.29, 1.82) is 0 Å². The number of aromatic nitrogens is 2. The van der Waals surface area contributed by atoms with E-state index in [1.165, 1.54) is 11.8 Å². The molecule has 1 heterocycles. The van der Waals surface area contributed by atoms with Gasteiger partial charge in [-0.1, -0.05) is 23.4 Å². The summed E-state index contributed by atoms with van der Waals surface area (Å²) in [6, 6.07) is 7.53. The van der Waals surface area contributed by atoms with Crippen LogP contribution in [0.5, 0.6) is 0 Å². The van der Waals surface area contributed by atoms with E-state index in [1.54, 1.807) is 6.20 Å². The van der Waals surface area contributed by atoms with Crippen molar-refractivity contribution in [2.75, 3.05) is 17.6 Å². The van der Waals surface area contributed by atoms with E-state index in [2.05, 4.69) is 15.3 Å². The molecule has 4 N–H and O–H groups in total. The van der Waals surface area contributed by atoms with E-state index in [1.807, 2.05) is 24.3 Å². The summed E-state index contributed by atoms with van der Waals surface area (Å²) in [6.45, 7) is 0.470. The molecule has 21 heavy (non-hydrogen) atoms. The topological polar surface area (TPSA) is 84.1 Å². The normalized spacial score (nSPS) is 15.7. The molecule has 0 atom stereocenters. The molecule has 0 spiro atoms. The zero-order valence-corrected chi connectivity index (χ0v) is 12.8. The van der Waals surface area contributed by atoms with Gasteiger partial charge in [0.2, 0.25) is 5.95 Å². The Hall–Kier alpha value is -1.50. The molecule has 1 aromatic heterocycles. The predicted octanol–water partition coefficient (Wildman–Crippen LogP) is 2.80. The number of anilines is 2. The largest absolute Gasteiger partial charge is 0.388 e. The van der Waals surface area contributed by atoms with Gasteiger partial charge in [-0.2, -0.15) is 4.98 Å². The minimum absolute atomic E-state index is 0.209. The Morgan fingerprint density at radius 2 is 2.05 bits per heavy atom. The van der Waals surface area contributed by atoms with Crippen LogP contribution >= 0.6 is 23.4 Å². The maximum Gasteiger partial charge on any atom is 0.221 e. The number of aliphatic hydroxyl groups is 1. The monoisotopic (exact) mass is 322 g/mol. The minimum atomic E-state index is -0.595. The third kappa shape index (κ3) is 3.78. The fraction of sp³-hybridized carbons (Fsp3) is 0.286.